The third-order valence-corrected chi connectivity index (χ3v) is 4.89. The lowest BCUT2D eigenvalue weighted by atomic mass is 10.1. The van der Waals surface area contributed by atoms with Gasteiger partial charge in [-0.2, -0.15) is 16.9 Å². The van der Waals surface area contributed by atoms with Gasteiger partial charge in [-0.25, -0.2) is 9.78 Å². The van der Waals surface area contributed by atoms with Crippen LogP contribution in [0.3, 0.4) is 0 Å². The Labute approximate surface area is 116 Å². The molecule has 7 heteroatoms. The Morgan fingerprint density at radius 1 is 1.42 bits per heavy atom. The molecule has 0 radical (unpaired) electrons. The van der Waals surface area contributed by atoms with E-state index in [1.165, 1.54) is 6.33 Å². The molecule has 0 spiro atoms. The number of carbonyl (C=O) groups excluding carboxylic acids is 1. The fraction of sp³-hybridized carbons (Fsp3) is 0.750. The molecule has 2 aliphatic heterocycles. The summed E-state index contributed by atoms with van der Waals surface area (Å²) in [6.07, 6.45) is 4.67. The summed E-state index contributed by atoms with van der Waals surface area (Å²) in [6.45, 7) is 1.54. The number of H-pyrrole nitrogens is 1. The summed E-state index contributed by atoms with van der Waals surface area (Å²) in [5, 5.41) is 9.92. The Morgan fingerprint density at radius 2 is 2.26 bits per heavy atom. The van der Waals surface area contributed by atoms with Crippen LogP contribution < -0.4 is 5.32 Å². The highest BCUT2D eigenvalue weighted by Gasteiger charge is 2.30. The second kappa shape index (κ2) is 5.81. The molecule has 1 unspecified atom stereocenters. The van der Waals surface area contributed by atoms with Crippen LogP contribution >= 0.6 is 11.8 Å². The average Bonchev–Trinajstić information content (AvgIpc) is 3.11. The number of carbonyl (C=O) groups is 1. The maximum atomic E-state index is 12.2. The van der Waals surface area contributed by atoms with Crippen LogP contribution in [0, 0.1) is 0 Å². The van der Waals surface area contributed by atoms with E-state index in [-0.39, 0.29) is 6.03 Å². The summed E-state index contributed by atoms with van der Waals surface area (Å²) in [6, 6.07) is 0.442. The number of urea groups is 1. The minimum atomic E-state index is 0.0823. The first-order valence-electron chi connectivity index (χ1n) is 6.81. The van der Waals surface area contributed by atoms with Crippen molar-refractivity contribution in [1.29, 1.82) is 0 Å². The van der Waals surface area contributed by atoms with E-state index in [1.54, 1.807) is 0 Å². The number of amides is 2. The number of aromatic amines is 1. The topological polar surface area (TPSA) is 73.9 Å². The number of likely N-dealkylation sites (tertiary alicyclic amines) is 1. The molecule has 1 aromatic rings. The molecule has 6 nitrogen and oxygen atoms in total. The molecule has 0 saturated carbocycles. The number of thioether (sulfide) groups is 1. The molecule has 2 amide bonds. The predicted molar refractivity (Wildman–Crippen MR) is 74.2 cm³/mol. The van der Waals surface area contributed by atoms with E-state index < -0.39 is 0 Å². The average molecular weight is 281 g/mol. The molecule has 2 N–H and O–H groups in total. The van der Waals surface area contributed by atoms with Gasteiger partial charge in [-0.3, -0.25) is 5.10 Å². The summed E-state index contributed by atoms with van der Waals surface area (Å²) < 4.78 is 0. The van der Waals surface area contributed by atoms with Gasteiger partial charge in [-0.1, -0.05) is 0 Å². The zero-order valence-corrected chi connectivity index (χ0v) is 11.7. The summed E-state index contributed by atoms with van der Waals surface area (Å²) in [7, 11) is 0. The normalized spacial score (nSPS) is 24.6. The minimum Gasteiger partial charge on any atom is -0.335 e. The Hall–Kier alpha value is -1.24. The number of aromatic nitrogens is 3. The molecule has 2 saturated heterocycles. The molecular formula is C12H19N5OS. The van der Waals surface area contributed by atoms with Gasteiger partial charge in [-0.15, -0.1) is 0 Å². The van der Waals surface area contributed by atoms with E-state index in [1.807, 2.05) is 16.7 Å². The third-order valence-electron chi connectivity index (χ3n) is 3.84. The van der Waals surface area contributed by atoms with Crippen LogP contribution in [0.4, 0.5) is 4.79 Å². The SMILES string of the molecule is O=C(NC1CCSCC1)N1CCC(c2ncn[nH]2)C1. The Balaban J connectivity index is 1.51. The van der Waals surface area contributed by atoms with Gasteiger partial charge in [0.25, 0.3) is 0 Å². The van der Waals surface area contributed by atoms with Gasteiger partial charge in [0.15, 0.2) is 0 Å². The molecule has 3 heterocycles. The third kappa shape index (κ3) is 3.02. The van der Waals surface area contributed by atoms with Crippen LogP contribution in [0.25, 0.3) is 0 Å². The lowest BCUT2D eigenvalue weighted by molar-refractivity contribution is 0.203. The predicted octanol–water partition coefficient (Wildman–Crippen LogP) is 1.20. The van der Waals surface area contributed by atoms with Gasteiger partial charge < -0.3 is 10.2 Å². The Morgan fingerprint density at radius 3 is 3.00 bits per heavy atom. The van der Waals surface area contributed by atoms with E-state index >= 15 is 0 Å². The van der Waals surface area contributed by atoms with E-state index in [4.69, 9.17) is 0 Å². The Bertz CT molecular complexity index is 418. The van der Waals surface area contributed by atoms with Crippen LogP contribution in [0.2, 0.25) is 0 Å². The molecule has 3 rings (SSSR count). The van der Waals surface area contributed by atoms with Crippen LogP contribution in [0.5, 0.6) is 0 Å². The monoisotopic (exact) mass is 281 g/mol. The molecule has 2 fully saturated rings. The molecule has 0 bridgehead atoms. The molecule has 1 aromatic heterocycles. The van der Waals surface area contributed by atoms with Crippen molar-refractivity contribution in [3.05, 3.63) is 12.2 Å². The van der Waals surface area contributed by atoms with Crippen LogP contribution in [0.1, 0.15) is 31.0 Å². The van der Waals surface area contributed by atoms with Crippen LogP contribution in [0.15, 0.2) is 6.33 Å². The second-order valence-corrected chi connectivity index (χ2v) is 6.36. The van der Waals surface area contributed by atoms with Crippen molar-refractivity contribution in [3.63, 3.8) is 0 Å². The van der Waals surface area contributed by atoms with E-state index in [9.17, 15) is 4.79 Å². The number of hydrogen-bond acceptors (Lipinski definition) is 4. The van der Waals surface area contributed by atoms with E-state index in [2.05, 4.69) is 20.5 Å². The molecule has 2 aliphatic rings. The van der Waals surface area contributed by atoms with Gasteiger partial charge in [0.1, 0.15) is 12.2 Å². The molecule has 19 heavy (non-hydrogen) atoms. The van der Waals surface area contributed by atoms with Crippen LogP contribution in [-0.4, -0.2) is 56.7 Å². The maximum absolute atomic E-state index is 12.2. The zero-order chi connectivity index (χ0) is 13.1. The van der Waals surface area contributed by atoms with Crippen molar-refractivity contribution in [3.8, 4) is 0 Å². The fourth-order valence-corrected chi connectivity index (χ4v) is 3.79. The summed E-state index contributed by atoms with van der Waals surface area (Å²) in [5.41, 5.74) is 0. The molecule has 104 valence electrons. The standard InChI is InChI=1S/C12H19N5OS/c18-12(15-10-2-5-19-6-3-10)17-4-1-9(7-17)11-13-8-14-16-11/h8-10H,1-7H2,(H,15,18)(H,13,14,16). The van der Waals surface area contributed by atoms with Gasteiger partial charge in [0.05, 0.1) is 0 Å². The van der Waals surface area contributed by atoms with E-state index in [0.29, 0.717) is 12.0 Å². The lowest BCUT2D eigenvalue weighted by Crippen LogP contribution is -2.45. The highest BCUT2D eigenvalue weighted by Crippen LogP contribution is 2.24. The highest BCUT2D eigenvalue weighted by molar-refractivity contribution is 7.99. The first kappa shape index (κ1) is 12.8. The van der Waals surface area contributed by atoms with Gasteiger partial charge in [0.2, 0.25) is 0 Å². The van der Waals surface area contributed by atoms with Gasteiger partial charge in [0, 0.05) is 25.0 Å². The molecule has 1 atom stereocenters. The fourth-order valence-electron chi connectivity index (χ4n) is 2.69. The summed E-state index contributed by atoms with van der Waals surface area (Å²) >= 11 is 1.97. The smallest absolute Gasteiger partial charge is 0.317 e. The van der Waals surface area contributed by atoms with E-state index in [0.717, 1.165) is 49.7 Å². The lowest BCUT2D eigenvalue weighted by Gasteiger charge is -2.25. The van der Waals surface area contributed by atoms with Gasteiger partial charge >= 0.3 is 6.03 Å². The summed E-state index contributed by atoms with van der Waals surface area (Å²) in [5.74, 6) is 3.51. The van der Waals surface area contributed by atoms with Crippen molar-refractivity contribution < 1.29 is 4.79 Å². The van der Waals surface area contributed by atoms with Crippen LogP contribution in [-0.2, 0) is 0 Å². The molecular weight excluding hydrogens is 262 g/mol. The maximum Gasteiger partial charge on any atom is 0.317 e. The second-order valence-electron chi connectivity index (χ2n) is 5.14. The van der Waals surface area contributed by atoms with Crippen molar-refractivity contribution in [2.75, 3.05) is 24.6 Å². The number of rotatable bonds is 2. The van der Waals surface area contributed by atoms with Crippen molar-refractivity contribution in [2.24, 2.45) is 0 Å². The molecule has 0 aliphatic carbocycles. The quantitative estimate of drug-likeness (QED) is 0.854. The van der Waals surface area contributed by atoms with Crippen molar-refractivity contribution in [2.45, 2.75) is 31.2 Å². The number of nitrogens with one attached hydrogen (secondary N) is 2. The zero-order valence-electron chi connectivity index (χ0n) is 10.8. The molecule has 0 aromatic carbocycles. The number of nitrogens with zero attached hydrogens (tertiary/aromatic N) is 3. The first-order valence-corrected chi connectivity index (χ1v) is 7.97. The summed E-state index contributed by atoms with van der Waals surface area (Å²) in [4.78, 5) is 18.3. The number of hydrogen-bond donors (Lipinski definition) is 2. The highest BCUT2D eigenvalue weighted by atomic mass is 32.2. The van der Waals surface area contributed by atoms with Gasteiger partial charge in [-0.05, 0) is 30.8 Å². The van der Waals surface area contributed by atoms with Crippen molar-refractivity contribution in [1.82, 2.24) is 25.4 Å². The largest absolute Gasteiger partial charge is 0.335 e. The Kier molecular flexibility index (Phi) is 3.91. The minimum absolute atomic E-state index is 0.0823. The van der Waals surface area contributed by atoms with Crippen molar-refractivity contribution >= 4 is 17.8 Å². The first-order chi connectivity index (χ1) is 9.33.